The molecule has 0 aliphatic carbocycles. The Balaban J connectivity index is 2.06. The van der Waals surface area contributed by atoms with Crippen LogP contribution in [0.1, 0.15) is 29.7 Å². The quantitative estimate of drug-likeness (QED) is 0.750. The molecular formula is C16H18FNO2. The van der Waals surface area contributed by atoms with E-state index in [1.165, 1.54) is 12.1 Å². The minimum absolute atomic E-state index is 0.0631. The summed E-state index contributed by atoms with van der Waals surface area (Å²) in [7, 11) is 0. The second-order valence-electron chi connectivity index (χ2n) is 4.90. The molecule has 0 spiro atoms. The van der Waals surface area contributed by atoms with Gasteiger partial charge in [-0.3, -0.25) is 0 Å². The van der Waals surface area contributed by atoms with Gasteiger partial charge in [-0.25, -0.2) is 4.39 Å². The third-order valence-corrected chi connectivity index (χ3v) is 3.39. The van der Waals surface area contributed by atoms with Gasteiger partial charge in [-0.05, 0) is 37.1 Å². The highest BCUT2D eigenvalue weighted by molar-refractivity contribution is 5.44. The maximum Gasteiger partial charge on any atom is 0.161 e. The van der Waals surface area contributed by atoms with Crippen molar-refractivity contribution in [3.63, 3.8) is 0 Å². The molecule has 0 aliphatic rings. The molecule has 0 aromatic heterocycles. The molecule has 2 rings (SSSR count). The summed E-state index contributed by atoms with van der Waals surface area (Å²) in [4.78, 5) is 0. The van der Waals surface area contributed by atoms with Crippen LogP contribution in [0.5, 0.6) is 11.5 Å². The van der Waals surface area contributed by atoms with Crippen molar-refractivity contribution in [1.82, 2.24) is 5.32 Å². The van der Waals surface area contributed by atoms with Gasteiger partial charge in [-0.2, -0.15) is 0 Å². The van der Waals surface area contributed by atoms with E-state index < -0.39 is 0 Å². The van der Waals surface area contributed by atoms with Crippen molar-refractivity contribution in [3.8, 4) is 11.5 Å². The van der Waals surface area contributed by atoms with E-state index in [1.54, 1.807) is 25.1 Å². The lowest BCUT2D eigenvalue weighted by Gasteiger charge is -2.15. The standard InChI is InChI=1S/C16H18FNO2/c1-10-6-7-12(8-14(10)17)11(2)18-9-13-4-3-5-15(19)16(13)20/h3-8,11,18-20H,9H2,1-2H3. The van der Waals surface area contributed by atoms with E-state index in [2.05, 4.69) is 5.32 Å². The Morgan fingerprint density at radius 3 is 2.65 bits per heavy atom. The van der Waals surface area contributed by atoms with Gasteiger partial charge in [-0.15, -0.1) is 0 Å². The smallest absolute Gasteiger partial charge is 0.161 e. The number of phenols is 2. The van der Waals surface area contributed by atoms with Crippen LogP contribution in [0.25, 0.3) is 0 Å². The normalized spacial score (nSPS) is 12.3. The van der Waals surface area contributed by atoms with Crippen molar-refractivity contribution in [2.75, 3.05) is 0 Å². The fourth-order valence-corrected chi connectivity index (χ4v) is 1.98. The van der Waals surface area contributed by atoms with E-state index >= 15 is 0 Å². The van der Waals surface area contributed by atoms with Crippen LogP contribution in [-0.4, -0.2) is 10.2 Å². The zero-order valence-electron chi connectivity index (χ0n) is 11.5. The molecule has 3 N–H and O–H groups in total. The molecule has 2 aromatic carbocycles. The monoisotopic (exact) mass is 275 g/mol. The average molecular weight is 275 g/mol. The number of aromatic hydroxyl groups is 2. The van der Waals surface area contributed by atoms with Crippen molar-refractivity contribution in [3.05, 3.63) is 58.9 Å². The molecule has 0 heterocycles. The second-order valence-corrected chi connectivity index (χ2v) is 4.90. The molecule has 0 fully saturated rings. The van der Waals surface area contributed by atoms with Gasteiger partial charge < -0.3 is 15.5 Å². The maximum absolute atomic E-state index is 13.5. The van der Waals surface area contributed by atoms with Crippen LogP contribution in [0.3, 0.4) is 0 Å². The highest BCUT2D eigenvalue weighted by atomic mass is 19.1. The first-order chi connectivity index (χ1) is 9.49. The number of hydrogen-bond acceptors (Lipinski definition) is 3. The number of aryl methyl sites for hydroxylation is 1. The summed E-state index contributed by atoms with van der Waals surface area (Å²) >= 11 is 0. The lowest BCUT2D eigenvalue weighted by molar-refractivity contribution is 0.396. The zero-order valence-corrected chi connectivity index (χ0v) is 11.5. The molecule has 0 radical (unpaired) electrons. The first-order valence-electron chi connectivity index (χ1n) is 6.48. The molecule has 4 heteroatoms. The number of benzene rings is 2. The maximum atomic E-state index is 13.5. The van der Waals surface area contributed by atoms with Gasteiger partial charge in [0.15, 0.2) is 11.5 Å². The summed E-state index contributed by atoms with van der Waals surface area (Å²) in [5, 5.41) is 22.3. The molecule has 106 valence electrons. The molecule has 1 atom stereocenters. The van der Waals surface area contributed by atoms with Gasteiger partial charge in [-0.1, -0.05) is 24.3 Å². The van der Waals surface area contributed by atoms with Crippen LogP contribution < -0.4 is 5.32 Å². The summed E-state index contributed by atoms with van der Waals surface area (Å²) in [5.74, 6) is -0.489. The SMILES string of the molecule is Cc1ccc(C(C)NCc2cccc(O)c2O)cc1F. The number of phenolic OH excluding ortho intramolecular Hbond substituents is 2. The third-order valence-electron chi connectivity index (χ3n) is 3.39. The van der Waals surface area contributed by atoms with Crippen molar-refractivity contribution in [1.29, 1.82) is 0 Å². The van der Waals surface area contributed by atoms with Crippen LogP contribution in [0.15, 0.2) is 36.4 Å². The number of halogens is 1. The second kappa shape index (κ2) is 5.92. The van der Waals surface area contributed by atoms with Crippen molar-refractivity contribution >= 4 is 0 Å². The Hall–Kier alpha value is -2.07. The van der Waals surface area contributed by atoms with Gasteiger partial charge in [0.25, 0.3) is 0 Å². The van der Waals surface area contributed by atoms with Crippen LogP contribution in [-0.2, 0) is 6.54 Å². The van der Waals surface area contributed by atoms with Gasteiger partial charge >= 0.3 is 0 Å². The van der Waals surface area contributed by atoms with Gasteiger partial charge in [0.2, 0.25) is 0 Å². The van der Waals surface area contributed by atoms with E-state index in [9.17, 15) is 14.6 Å². The number of nitrogens with one attached hydrogen (secondary N) is 1. The molecule has 1 unspecified atom stereocenters. The predicted octanol–water partition coefficient (Wildman–Crippen LogP) is 3.40. The highest BCUT2D eigenvalue weighted by Gasteiger charge is 2.10. The minimum atomic E-state index is -0.226. The summed E-state index contributed by atoms with van der Waals surface area (Å²) in [6.45, 7) is 4.03. The summed E-state index contributed by atoms with van der Waals surface area (Å²) in [5.41, 5.74) is 2.06. The number of para-hydroxylation sites is 1. The van der Waals surface area contributed by atoms with Crippen molar-refractivity contribution < 1.29 is 14.6 Å². The van der Waals surface area contributed by atoms with E-state index in [1.807, 2.05) is 13.0 Å². The Morgan fingerprint density at radius 2 is 1.95 bits per heavy atom. The Morgan fingerprint density at radius 1 is 1.20 bits per heavy atom. The molecule has 0 aliphatic heterocycles. The molecule has 0 saturated carbocycles. The number of hydrogen-bond donors (Lipinski definition) is 3. The molecule has 0 bridgehead atoms. The van der Waals surface area contributed by atoms with Crippen LogP contribution in [0.2, 0.25) is 0 Å². The van der Waals surface area contributed by atoms with E-state index in [-0.39, 0.29) is 23.4 Å². The Kier molecular flexibility index (Phi) is 4.25. The zero-order chi connectivity index (χ0) is 14.7. The van der Waals surface area contributed by atoms with Gasteiger partial charge in [0.05, 0.1) is 0 Å². The topological polar surface area (TPSA) is 52.5 Å². The largest absolute Gasteiger partial charge is 0.504 e. The molecule has 0 saturated heterocycles. The van der Waals surface area contributed by atoms with Crippen LogP contribution in [0, 0.1) is 12.7 Å². The van der Waals surface area contributed by atoms with Gasteiger partial charge in [0.1, 0.15) is 5.82 Å². The lowest BCUT2D eigenvalue weighted by atomic mass is 10.1. The Labute approximate surface area is 117 Å². The predicted molar refractivity (Wildman–Crippen MR) is 76.2 cm³/mol. The lowest BCUT2D eigenvalue weighted by Crippen LogP contribution is -2.18. The first-order valence-corrected chi connectivity index (χ1v) is 6.48. The molecule has 20 heavy (non-hydrogen) atoms. The highest BCUT2D eigenvalue weighted by Crippen LogP contribution is 2.28. The van der Waals surface area contributed by atoms with E-state index in [0.29, 0.717) is 17.7 Å². The number of rotatable bonds is 4. The third kappa shape index (κ3) is 3.08. The molecular weight excluding hydrogens is 257 g/mol. The van der Waals surface area contributed by atoms with Crippen LogP contribution >= 0.6 is 0 Å². The Bertz CT molecular complexity index is 613. The summed E-state index contributed by atoms with van der Waals surface area (Å²) in [6.07, 6.45) is 0. The van der Waals surface area contributed by atoms with E-state index in [4.69, 9.17) is 0 Å². The minimum Gasteiger partial charge on any atom is -0.504 e. The van der Waals surface area contributed by atoms with Gasteiger partial charge in [0, 0.05) is 18.2 Å². The average Bonchev–Trinajstić information content (AvgIpc) is 2.43. The van der Waals surface area contributed by atoms with E-state index in [0.717, 1.165) is 5.56 Å². The molecule has 2 aromatic rings. The molecule has 3 nitrogen and oxygen atoms in total. The summed E-state index contributed by atoms with van der Waals surface area (Å²) < 4.78 is 13.5. The van der Waals surface area contributed by atoms with Crippen molar-refractivity contribution in [2.24, 2.45) is 0 Å². The van der Waals surface area contributed by atoms with Crippen LogP contribution in [0.4, 0.5) is 4.39 Å². The summed E-state index contributed by atoms with van der Waals surface area (Å²) in [6, 6.07) is 9.89. The van der Waals surface area contributed by atoms with Crippen molar-refractivity contribution in [2.45, 2.75) is 26.4 Å². The first kappa shape index (κ1) is 14.3. The molecule has 0 amide bonds. The fraction of sp³-hybridized carbons (Fsp3) is 0.250. The fourth-order valence-electron chi connectivity index (χ4n) is 1.98.